The van der Waals surface area contributed by atoms with Crippen LogP contribution in [0.2, 0.25) is 0 Å². The van der Waals surface area contributed by atoms with Gasteiger partial charge in [-0.1, -0.05) is 12.1 Å². The van der Waals surface area contributed by atoms with Gasteiger partial charge in [0, 0.05) is 13.0 Å². The number of nitrogens with zero attached hydrogens (tertiary/aromatic N) is 1. The topological polar surface area (TPSA) is 70.3 Å². The Balaban J connectivity index is 2.27. The number of carboxylic acids is 1. The molecule has 1 N–H and O–H groups in total. The number of carboxylic acid groups (broad SMARTS) is 1. The summed E-state index contributed by atoms with van der Waals surface area (Å²) in [4.78, 5) is 10.2. The van der Waals surface area contributed by atoms with Crippen molar-refractivity contribution < 1.29 is 14.6 Å². The molecule has 1 aromatic rings. The molecule has 0 unspecified atom stereocenters. The highest BCUT2D eigenvalue weighted by molar-refractivity contribution is 5.66. The fourth-order valence-electron chi connectivity index (χ4n) is 1.25. The van der Waals surface area contributed by atoms with E-state index >= 15 is 0 Å². The van der Waals surface area contributed by atoms with Crippen LogP contribution in [0.15, 0.2) is 24.3 Å². The molecule has 0 heterocycles. The van der Waals surface area contributed by atoms with E-state index in [1.807, 2.05) is 6.07 Å². The molecule has 16 heavy (non-hydrogen) atoms. The monoisotopic (exact) mass is 219 g/mol. The Morgan fingerprint density at radius 2 is 2.31 bits per heavy atom. The first-order valence-electron chi connectivity index (χ1n) is 5.01. The van der Waals surface area contributed by atoms with E-state index in [0.717, 1.165) is 5.56 Å². The molecule has 84 valence electrons. The summed E-state index contributed by atoms with van der Waals surface area (Å²) < 4.78 is 5.30. The predicted octanol–water partition coefficient (Wildman–Crippen LogP) is 1.94. The number of benzene rings is 1. The van der Waals surface area contributed by atoms with Crippen molar-refractivity contribution in [2.45, 2.75) is 19.4 Å². The van der Waals surface area contributed by atoms with E-state index in [2.05, 4.69) is 6.07 Å². The first-order chi connectivity index (χ1) is 7.72. The zero-order valence-electron chi connectivity index (χ0n) is 8.85. The molecule has 0 aromatic heterocycles. The third kappa shape index (κ3) is 4.58. The average Bonchev–Trinajstić information content (AvgIpc) is 2.28. The molecule has 0 aliphatic heterocycles. The largest absolute Gasteiger partial charge is 0.481 e. The third-order valence-corrected chi connectivity index (χ3v) is 2.00. The Morgan fingerprint density at radius 3 is 3.00 bits per heavy atom. The van der Waals surface area contributed by atoms with Gasteiger partial charge in [-0.3, -0.25) is 4.79 Å². The van der Waals surface area contributed by atoms with Crippen LogP contribution in [0.4, 0.5) is 0 Å². The van der Waals surface area contributed by atoms with Crippen molar-refractivity contribution in [2.75, 3.05) is 6.61 Å². The number of carbonyl (C=O) groups is 1. The SMILES string of the molecule is N#Cc1cccc(COCCCC(=O)O)c1. The van der Waals surface area contributed by atoms with E-state index in [-0.39, 0.29) is 6.42 Å². The average molecular weight is 219 g/mol. The minimum Gasteiger partial charge on any atom is -0.481 e. The first-order valence-corrected chi connectivity index (χ1v) is 5.01. The van der Waals surface area contributed by atoms with Crippen molar-refractivity contribution in [2.24, 2.45) is 0 Å². The smallest absolute Gasteiger partial charge is 0.303 e. The zero-order valence-corrected chi connectivity index (χ0v) is 8.85. The minimum absolute atomic E-state index is 0.123. The highest BCUT2D eigenvalue weighted by Gasteiger charge is 1.98. The van der Waals surface area contributed by atoms with E-state index in [1.165, 1.54) is 0 Å². The van der Waals surface area contributed by atoms with Crippen LogP contribution in [0.3, 0.4) is 0 Å². The Hall–Kier alpha value is -1.86. The maximum atomic E-state index is 10.2. The molecular formula is C12H13NO3. The summed E-state index contributed by atoms with van der Waals surface area (Å²) in [5.74, 6) is -0.810. The van der Waals surface area contributed by atoms with Gasteiger partial charge in [-0.2, -0.15) is 5.26 Å². The van der Waals surface area contributed by atoms with Gasteiger partial charge in [-0.25, -0.2) is 0 Å². The Bertz CT molecular complexity index is 395. The van der Waals surface area contributed by atoms with Gasteiger partial charge in [0.15, 0.2) is 0 Å². The first kappa shape index (κ1) is 12.2. The summed E-state index contributed by atoms with van der Waals surface area (Å²) in [6.07, 6.45) is 0.630. The molecular weight excluding hydrogens is 206 g/mol. The number of ether oxygens (including phenoxy) is 1. The quantitative estimate of drug-likeness (QED) is 0.742. The maximum absolute atomic E-state index is 10.2. The molecule has 0 bridgehead atoms. The van der Waals surface area contributed by atoms with Crippen molar-refractivity contribution >= 4 is 5.97 Å². The van der Waals surface area contributed by atoms with Crippen molar-refractivity contribution in [1.82, 2.24) is 0 Å². The fourth-order valence-corrected chi connectivity index (χ4v) is 1.25. The van der Waals surface area contributed by atoms with Gasteiger partial charge in [-0.15, -0.1) is 0 Å². The minimum atomic E-state index is -0.810. The summed E-state index contributed by atoms with van der Waals surface area (Å²) in [6.45, 7) is 0.832. The lowest BCUT2D eigenvalue weighted by Gasteiger charge is -2.03. The lowest BCUT2D eigenvalue weighted by atomic mass is 10.1. The number of hydrogen-bond acceptors (Lipinski definition) is 3. The van der Waals surface area contributed by atoms with Gasteiger partial charge in [0.05, 0.1) is 18.2 Å². The molecule has 0 atom stereocenters. The van der Waals surface area contributed by atoms with Crippen LogP contribution in [0.25, 0.3) is 0 Å². The second-order valence-electron chi connectivity index (χ2n) is 3.36. The number of aliphatic carboxylic acids is 1. The fraction of sp³-hybridized carbons (Fsp3) is 0.333. The molecule has 0 radical (unpaired) electrons. The van der Waals surface area contributed by atoms with Crippen molar-refractivity contribution in [3.05, 3.63) is 35.4 Å². The van der Waals surface area contributed by atoms with Crippen LogP contribution >= 0.6 is 0 Å². The molecule has 0 aliphatic rings. The zero-order chi connectivity index (χ0) is 11.8. The van der Waals surface area contributed by atoms with Crippen LogP contribution in [0.1, 0.15) is 24.0 Å². The second-order valence-corrected chi connectivity index (χ2v) is 3.36. The van der Waals surface area contributed by atoms with Gasteiger partial charge in [0.1, 0.15) is 0 Å². The molecule has 0 saturated heterocycles. The van der Waals surface area contributed by atoms with E-state index in [4.69, 9.17) is 15.1 Å². The summed E-state index contributed by atoms with van der Waals surface area (Å²) in [5.41, 5.74) is 1.53. The standard InChI is InChI=1S/C12H13NO3/c13-8-10-3-1-4-11(7-10)9-16-6-2-5-12(14)15/h1,3-4,7H,2,5-6,9H2,(H,14,15). The van der Waals surface area contributed by atoms with Gasteiger partial charge in [0.25, 0.3) is 0 Å². The highest BCUT2D eigenvalue weighted by atomic mass is 16.5. The van der Waals surface area contributed by atoms with Gasteiger partial charge in [-0.05, 0) is 24.1 Å². The Labute approximate surface area is 94.1 Å². The van der Waals surface area contributed by atoms with Crippen molar-refractivity contribution in [3.8, 4) is 6.07 Å². The Morgan fingerprint density at radius 1 is 1.50 bits per heavy atom. The normalized spacial score (nSPS) is 9.69. The summed E-state index contributed by atoms with van der Waals surface area (Å²) in [5, 5.41) is 17.1. The van der Waals surface area contributed by atoms with Gasteiger partial charge < -0.3 is 9.84 Å². The van der Waals surface area contributed by atoms with Crippen LogP contribution in [0.5, 0.6) is 0 Å². The third-order valence-electron chi connectivity index (χ3n) is 2.00. The predicted molar refractivity (Wildman–Crippen MR) is 57.7 cm³/mol. The molecule has 1 aromatic carbocycles. The Kier molecular flexibility index (Phi) is 5.03. The number of hydrogen-bond donors (Lipinski definition) is 1. The summed E-state index contributed by atoms with van der Waals surface area (Å²) >= 11 is 0. The van der Waals surface area contributed by atoms with Crippen molar-refractivity contribution in [1.29, 1.82) is 5.26 Å². The number of rotatable bonds is 6. The summed E-state index contributed by atoms with van der Waals surface area (Å²) in [7, 11) is 0. The molecule has 4 nitrogen and oxygen atoms in total. The van der Waals surface area contributed by atoms with E-state index in [9.17, 15) is 4.79 Å². The van der Waals surface area contributed by atoms with Gasteiger partial charge in [0.2, 0.25) is 0 Å². The maximum Gasteiger partial charge on any atom is 0.303 e. The van der Waals surface area contributed by atoms with Crippen LogP contribution < -0.4 is 0 Å². The molecule has 0 fully saturated rings. The van der Waals surface area contributed by atoms with E-state index < -0.39 is 5.97 Å². The van der Waals surface area contributed by atoms with E-state index in [0.29, 0.717) is 25.2 Å². The molecule has 0 spiro atoms. The number of nitriles is 1. The second kappa shape index (κ2) is 6.59. The lowest BCUT2D eigenvalue weighted by Crippen LogP contribution is -2.00. The molecule has 1 rings (SSSR count). The van der Waals surface area contributed by atoms with Crippen LogP contribution in [-0.4, -0.2) is 17.7 Å². The van der Waals surface area contributed by atoms with Gasteiger partial charge >= 0.3 is 5.97 Å². The summed E-state index contributed by atoms with van der Waals surface area (Å²) in [6, 6.07) is 9.21. The highest BCUT2D eigenvalue weighted by Crippen LogP contribution is 2.05. The van der Waals surface area contributed by atoms with E-state index in [1.54, 1.807) is 18.2 Å². The molecule has 0 saturated carbocycles. The molecule has 4 heteroatoms. The molecule has 0 amide bonds. The van der Waals surface area contributed by atoms with Crippen LogP contribution in [0, 0.1) is 11.3 Å². The molecule has 0 aliphatic carbocycles. The lowest BCUT2D eigenvalue weighted by molar-refractivity contribution is -0.137. The van der Waals surface area contributed by atoms with Crippen LogP contribution in [-0.2, 0) is 16.1 Å². The van der Waals surface area contributed by atoms with Crippen molar-refractivity contribution in [3.63, 3.8) is 0 Å².